The average Bonchev–Trinajstić information content (AvgIpc) is 2.42. The van der Waals surface area contributed by atoms with E-state index in [1.807, 2.05) is 31.2 Å². The van der Waals surface area contributed by atoms with Crippen LogP contribution < -0.4 is 10.1 Å². The number of aryl methyl sites for hydroxylation is 1. The fourth-order valence-electron chi connectivity index (χ4n) is 1.61. The highest BCUT2D eigenvalue weighted by Gasteiger charge is 2.09. The lowest BCUT2D eigenvalue weighted by Crippen LogP contribution is -2.09. The minimum Gasteiger partial charge on any atom is -0.506 e. The Kier molecular flexibility index (Phi) is 4.05. The normalized spacial score (nSPS) is 10.1. The van der Waals surface area contributed by atoms with Crippen molar-refractivity contribution in [2.45, 2.75) is 6.92 Å². The molecule has 0 atom stereocenters. The molecule has 0 amide bonds. The molecule has 6 nitrogen and oxygen atoms in total. The zero-order chi connectivity index (χ0) is 14.5. The van der Waals surface area contributed by atoms with Gasteiger partial charge in [0.2, 0.25) is 0 Å². The predicted molar refractivity (Wildman–Crippen MR) is 75.1 cm³/mol. The van der Waals surface area contributed by atoms with E-state index in [0.717, 1.165) is 11.6 Å². The number of nitro groups is 1. The van der Waals surface area contributed by atoms with E-state index in [-0.39, 0.29) is 18.2 Å². The number of aromatic hydroxyl groups is 1. The Morgan fingerprint density at radius 2 is 1.95 bits per heavy atom. The largest absolute Gasteiger partial charge is 0.506 e. The van der Waals surface area contributed by atoms with Crippen LogP contribution in [0, 0.1) is 17.0 Å². The summed E-state index contributed by atoms with van der Waals surface area (Å²) in [6, 6.07) is 11.4. The van der Waals surface area contributed by atoms with E-state index >= 15 is 0 Å². The van der Waals surface area contributed by atoms with Crippen molar-refractivity contribution in [2.24, 2.45) is 0 Å². The number of hydrogen-bond donors (Lipinski definition) is 2. The standard InChI is InChI=1S/C14H14N2O4/c1-10-2-5-12(6-3-10)20-9-15-13-7-4-11(16(18)19)8-14(13)17/h2-8,15,17H,9H2,1H3. The van der Waals surface area contributed by atoms with Gasteiger partial charge in [0.25, 0.3) is 5.69 Å². The quantitative estimate of drug-likeness (QED) is 0.379. The van der Waals surface area contributed by atoms with E-state index in [4.69, 9.17) is 4.74 Å². The maximum Gasteiger partial charge on any atom is 0.273 e. The Morgan fingerprint density at radius 1 is 1.25 bits per heavy atom. The summed E-state index contributed by atoms with van der Waals surface area (Å²) in [6.45, 7) is 2.13. The summed E-state index contributed by atoms with van der Waals surface area (Å²) in [6.07, 6.45) is 0. The summed E-state index contributed by atoms with van der Waals surface area (Å²) in [5, 5.41) is 23.0. The lowest BCUT2D eigenvalue weighted by molar-refractivity contribution is -0.384. The van der Waals surface area contributed by atoms with E-state index < -0.39 is 4.92 Å². The Labute approximate surface area is 115 Å². The third-order valence-electron chi connectivity index (χ3n) is 2.71. The zero-order valence-corrected chi connectivity index (χ0v) is 10.9. The van der Waals surface area contributed by atoms with E-state index in [1.165, 1.54) is 12.1 Å². The fraction of sp³-hybridized carbons (Fsp3) is 0.143. The van der Waals surface area contributed by atoms with Crippen LogP contribution in [0.3, 0.4) is 0 Å². The molecule has 0 aromatic heterocycles. The maximum atomic E-state index is 10.5. The van der Waals surface area contributed by atoms with Crippen LogP contribution in [-0.4, -0.2) is 16.8 Å². The van der Waals surface area contributed by atoms with E-state index in [2.05, 4.69) is 5.32 Å². The highest BCUT2D eigenvalue weighted by molar-refractivity contribution is 5.59. The van der Waals surface area contributed by atoms with Crippen LogP contribution in [-0.2, 0) is 0 Å². The smallest absolute Gasteiger partial charge is 0.273 e. The van der Waals surface area contributed by atoms with E-state index in [0.29, 0.717) is 11.4 Å². The highest BCUT2D eigenvalue weighted by Crippen LogP contribution is 2.27. The van der Waals surface area contributed by atoms with Gasteiger partial charge in [-0.15, -0.1) is 0 Å². The van der Waals surface area contributed by atoms with Crippen molar-refractivity contribution in [3.63, 3.8) is 0 Å². The summed E-state index contributed by atoms with van der Waals surface area (Å²) in [5.74, 6) is 0.510. The molecule has 0 aliphatic rings. The molecule has 0 saturated heterocycles. The fourth-order valence-corrected chi connectivity index (χ4v) is 1.61. The Morgan fingerprint density at radius 3 is 2.55 bits per heavy atom. The van der Waals surface area contributed by atoms with Crippen LogP contribution in [0.1, 0.15) is 5.56 Å². The van der Waals surface area contributed by atoms with Gasteiger partial charge in [0.1, 0.15) is 11.5 Å². The van der Waals surface area contributed by atoms with Crippen LogP contribution in [0.4, 0.5) is 11.4 Å². The summed E-state index contributed by atoms with van der Waals surface area (Å²) in [4.78, 5) is 9.98. The molecule has 0 heterocycles. The monoisotopic (exact) mass is 274 g/mol. The van der Waals surface area contributed by atoms with E-state index in [9.17, 15) is 15.2 Å². The lowest BCUT2D eigenvalue weighted by Gasteiger charge is -2.10. The van der Waals surface area contributed by atoms with Gasteiger partial charge < -0.3 is 15.2 Å². The summed E-state index contributed by atoms with van der Waals surface area (Å²) < 4.78 is 5.44. The molecule has 2 rings (SSSR count). The van der Waals surface area contributed by atoms with Gasteiger partial charge in [-0.3, -0.25) is 10.1 Å². The summed E-state index contributed by atoms with van der Waals surface area (Å²) >= 11 is 0. The number of phenols is 1. The van der Waals surface area contributed by atoms with Crippen molar-refractivity contribution in [2.75, 3.05) is 12.0 Å². The zero-order valence-electron chi connectivity index (χ0n) is 10.9. The average molecular weight is 274 g/mol. The first-order chi connectivity index (χ1) is 9.56. The number of nitro benzene ring substituents is 1. The van der Waals surface area contributed by atoms with Crippen molar-refractivity contribution in [1.82, 2.24) is 0 Å². The first-order valence-corrected chi connectivity index (χ1v) is 5.97. The molecule has 0 bridgehead atoms. The van der Waals surface area contributed by atoms with Gasteiger partial charge >= 0.3 is 0 Å². The first kappa shape index (κ1) is 13.7. The minimum atomic E-state index is -0.563. The van der Waals surface area contributed by atoms with Crippen molar-refractivity contribution in [1.29, 1.82) is 0 Å². The van der Waals surface area contributed by atoms with Crippen molar-refractivity contribution in [3.05, 3.63) is 58.1 Å². The number of anilines is 1. The SMILES string of the molecule is Cc1ccc(OCNc2ccc([N+](=O)[O-])cc2O)cc1. The molecular formula is C14H14N2O4. The first-order valence-electron chi connectivity index (χ1n) is 5.97. The van der Waals surface area contributed by atoms with Gasteiger partial charge in [-0.25, -0.2) is 0 Å². The lowest BCUT2D eigenvalue weighted by atomic mass is 10.2. The molecule has 0 saturated carbocycles. The molecule has 0 spiro atoms. The second-order valence-electron chi connectivity index (χ2n) is 4.24. The number of hydrogen-bond acceptors (Lipinski definition) is 5. The van der Waals surface area contributed by atoms with Crippen LogP contribution in [0.15, 0.2) is 42.5 Å². The second kappa shape index (κ2) is 5.92. The Balaban J connectivity index is 1.94. The summed E-state index contributed by atoms with van der Waals surface area (Å²) in [7, 11) is 0. The molecule has 0 fully saturated rings. The number of nitrogens with one attached hydrogen (secondary N) is 1. The molecule has 2 aromatic carbocycles. The number of benzene rings is 2. The molecule has 2 aromatic rings. The van der Waals surface area contributed by atoms with Crippen molar-refractivity contribution < 1.29 is 14.8 Å². The minimum absolute atomic E-state index is 0.147. The molecule has 0 unspecified atom stereocenters. The third kappa shape index (κ3) is 3.38. The van der Waals surface area contributed by atoms with Gasteiger partial charge in [-0.1, -0.05) is 17.7 Å². The van der Waals surface area contributed by atoms with Crippen molar-refractivity contribution >= 4 is 11.4 Å². The number of non-ortho nitro benzene ring substituents is 1. The summed E-state index contributed by atoms with van der Waals surface area (Å²) in [5.41, 5.74) is 1.36. The van der Waals surface area contributed by atoms with Crippen LogP contribution in [0.2, 0.25) is 0 Å². The number of phenolic OH excluding ortho intramolecular Hbond substituents is 1. The number of ether oxygens (including phenoxy) is 1. The number of nitrogens with zero attached hydrogens (tertiary/aromatic N) is 1. The molecule has 0 aliphatic carbocycles. The number of rotatable bonds is 5. The molecule has 0 aliphatic heterocycles. The molecule has 0 radical (unpaired) electrons. The highest BCUT2D eigenvalue weighted by atomic mass is 16.6. The van der Waals surface area contributed by atoms with Gasteiger partial charge in [0, 0.05) is 6.07 Å². The molecular weight excluding hydrogens is 260 g/mol. The van der Waals surface area contributed by atoms with Crippen LogP contribution in [0.5, 0.6) is 11.5 Å². The van der Waals surface area contributed by atoms with Crippen LogP contribution in [0.25, 0.3) is 0 Å². The third-order valence-corrected chi connectivity index (χ3v) is 2.71. The van der Waals surface area contributed by atoms with Gasteiger partial charge in [-0.2, -0.15) is 0 Å². The predicted octanol–water partition coefficient (Wildman–Crippen LogP) is 3.06. The maximum absolute atomic E-state index is 10.5. The molecule has 2 N–H and O–H groups in total. The van der Waals surface area contributed by atoms with Gasteiger partial charge in [0.15, 0.2) is 6.73 Å². The van der Waals surface area contributed by atoms with Gasteiger partial charge in [-0.05, 0) is 25.1 Å². The molecule has 104 valence electrons. The second-order valence-corrected chi connectivity index (χ2v) is 4.24. The van der Waals surface area contributed by atoms with Crippen LogP contribution >= 0.6 is 0 Å². The van der Waals surface area contributed by atoms with Gasteiger partial charge in [0.05, 0.1) is 16.7 Å². The molecule has 20 heavy (non-hydrogen) atoms. The van der Waals surface area contributed by atoms with E-state index in [1.54, 1.807) is 0 Å². The Hall–Kier alpha value is -2.76. The Bertz CT molecular complexity index is 611. The van der Waals surface area contributed by atoms with Crippen molar-refractivity contribution in [3.8, 4) is 11.5 Å². The molecule has 6 heteroatoms. The topological polar surface area (TPSA) is 84.6 Å².